The normalized spacial score (nSPS) is 27.4. The van der Waals surface area contributed by atoms with Crippen molar-refractivity contribution in [3.8, 4) is 0 Å². The fourth-order valence-corrected chi connectivity index (χ4v) is 1.95. The fourth-order valence-electron chi connectivity index (χ4n) is 1.95. The molecular formula is C12H24N2O2. The first-order valence-corrected chi connectivity index (χ1v) is 6.34. The molecule has 4 heteroatoms. The van der Waals surface area contributed by atoms with Gasteiger partial charge in [-0.25, -0.2) is 0 Å². The second kappa shape index (κ2) is 6.86. The van der Waals surface area contributed by atoms with E-state index in [0.717, 1.165) is 32.1 Å². The molecule has 16 heavy (non-hydrogen) atoms. The molecule has 0 bridgehead atoms. The number of hydrogen-bond acceptors (Lipinski definition) is 3. The van der Waals surface area contributed by atoms with Crippen molar-refractivity contribution in [3.05, 3.63) is 0 Å². The van der Waals surface area contributed by atoms with Crippen molar-refractivity contribution >= 4 is 5.91 Å². The average Bonchev–Trinajstić information content (AvgIpc) is 2.29. The van der Waals surface area contributed by atoms with E-state index in [1.807, 2.05) is 0 Å². The Morgan fingerprint density at radius 2 is 2.12 bits per heavy atom. The van der Waals surface area contributed by atoms with Crippen molar-refractivity contribution in [1.29, 1.82) is 0 Å². The van der Waals surface area contributed by atoms with Crippen molar-refractivity contribution in [3.63, 3.8) is 0 Å². The Balaban J connectivity index is 2.22. The van der Waals surface area contributed by atoms with E-state index in [4.69, 9.17) is 0 Å². The SMILES string of the molecule is CCC(C)NCC(=O)N[C@H]1CCCC[C@@H]1O. The highest BCUT2D eigenvalue weighted by atomic mass is 16.3. The fraction of sp³-hybridized carbons (Fsp3) is 0.917. The van der Waals surface area contributed by atoms with Crippen LogP contribution in [0.5, 0.6) is 0 Å². The number of rotatable bonds is 5. The second-order valence-corrected chi connectivity index (χ2v) is 4.72. The zero-order valence-corrected chi connectivity index (χ0v) is 10.3. The lowest BCUT2D eigenvalue weighted by atomic mass is 9.92. The van der Waals surface area contributed by atoms with Gasteiger partial charge >= 0.3 is 0 Å². The highest BCUT2D eigenvalue weighted by molar-refractivity contribution is 5.78. The van der Waals surface area contributed by atoms with Gasteiger partial charge in [-0.05, 0) is 26.2 Å². The summed E-state index contributed by atoms with van der Waals surface area (Å²) in [5.41, 5.74) is 0. The predicted molar refractivity (Wildman–Crippen MR) is 64.2 cm³/mol. The number of nitrogens with one attached hydrogen (secondary N) is 2. The largest absolute Gasteiger partial charge is 0.391 e. The lowest BCUT2D eigenvalue weighted by Crippen LogP contribution is -2.48. The molecule has 3 atom stereocenters. The van der Waals surface area contributed by atoms with Crippen molar-refractivity contribution in [2.45, 2.75) is 64.1 Å². The van der Waals surface area contributed by atoms with Gasteiger partial charge in [0.05, 0.1) is 18.7 Å². The van der Waals surface area contributed by atoms with Crippen LogP contribution in [0.25, 0.3) is 0 Å². The molecule has 0 aromatic heterocycles. The van der Waals surface area contributed by atoms with Crippen LogP contribution in [0.15, 0.2) is 0 Å². The minimum atomic E-state index is -0.360. The van der Waals surface area contributed by atoms with Crippen molar-refractivity contribution in [1.82, 2.24) is 10.6 Å². The molecule has 0 heterocycles. The first kappa shape index (κ1) is 13.5. The Bertz CT molecular complexity index is 221. The van der Waals surface area contributed by atoms with E-state index in [2.05, 4.69) is 24.5 Å². The van der Waals surface area contributed by atoms with Gasteiger partial charge in [0.15, 0.2) is 0 Å². The van der Waals surface area contributed by atoms with E-state index in [1.54, 1.807) is 0 Å². The molecule has 0 saturated heterocycles. The van der Waals surface area contributed by atoms with Crippen LogP contribution in [0.3, 0.4) is 0 Å². The molecular weight excluding hydrogens is 204 g/mol. The van der Waals surface area contributed by atoms with Gasteiger partial charge < -0.3 is 15.7 Å². The lowest BCUT2D eigenvalue weighted by Gasteiger charge is -2.28. The van der Waals surface area contributed by atoms with Crippen LogP contribution in [0.2, 0.25) is 0 Å². The molecule has 0 aliphatic heterocycles. The quantitative estimate of drug-likeness (QED) is 0.652. The summed E-state index contributed by atoms with van der Waals surface area (Å²) in [6.45, 7) is 4.49. The maximum absolute atomic E-state index is 11.6. The summed E-state index contributed by atoms with van der Waals surface area (Å²) < 4.78 is 0. The molecule has 1 amide bonds. The molecule has 1 aliphatic rings. The summed E-state index contributed by atoms with van der Waals surface area (Å²) >= 11 is 0. The molecule has 0 radical (unpaired) electrons. The summed E-state index contributed by atoms with van der Waals surface area (Å²) in [6, 6.07) is 0.321. The first-order valence-electron chi connectivity index (χ1n) is 6.34. The minimum Gasteiger partial charge on any atom is -0.391 e. The summed E-state index contributed by atoms with van der Waals surface area (Å²) in [5, 5.41) is 15.7. The molecule has 1 unspecified atom stereocenters. The molecule has 1 rings (SSSR count). The van der Waals surface area contributed by atoms with Crippen molar-refractivity contribution < 1.29 is 9.90 Å². The average molecular weight is 228 g/mol. The third kappa shape index (κ3) is 4.49. The number of hydrogen-bond donors (Lipinski definition) is 3. The molecule has 0 aromatic rings. The number of carbonyl (C=O) groups is 1. The van der Waals surface area contributed by atoms with Crippen molar-refractivity contribution in [2.24, 2.45) is 0 Å². The van der Waals surface area contributed by atoms with E-state index in [9.17, 15) is 9.90 Å². The summed E-state index contributed by atoms with van der Waals surface area (Å²) in [5.74, 6) is -0.00810. The van der Waals surface area contributed by atoms with Crippen LogP contribution in [-0.4, -0.2) is 35.7 Å². The van der Waals surface area contributed by atoms with Gasteiger partial charge in [-0.1, -0.05) is 19.8 Å². The number of aliphatic hydroxyl groups is 1. The molecule has 3 N–H and O–H groups in total. The van der Waals surface area contributed by atoms with Gasteiger partial charge in [-0.15, -0.1) is 0 Å². The zero-order valence-electron chi connectivity index (χ0n) is 10.3. The smallest absolute Gasteiger partial charge is 0.234 e. The maximum Gasteiger partial charge on any atom is 0.234 e. The Morgan fingerprint density at radius 1 is 1.44 bits per heavy atom. The van der Waals surface area contributed by atoms with Gasteiger partial charge in [-0.3, -0.25) is 4.79 Å². The summed E-state index contributed by atoms with van der Waals surface area (Å²) in [6.07, 6.45) is 4.53. The standard InChI is InChI=1S/C12H24N2O2/c1-3-9(2)13-8-12(16)14-10-6-4-5-7-11(10)15/h9-11,13,15H,3-8H2,1-2H3,(H,14,16)/t9?,10-,11-/m0/s1. The Kier molecular flexibility index (Phi) is 5.77. The number of carbonyl (C=O) groups excluding carboxylic acids is 1. The van der Waals surface area contributed by atoms with Crippen LogP contribution in [0, 0.1) is 0 Å². The summed E-state index contributed by atoms with van der Waals surface area (Å²) in [7, 11) is 0. The Morgan fingerprint density at radius 3 is 2.75 bits per heavy atom. The second-order valence-electron chi connectivity index (χ2n) is 4.72. The monoisotopic (exact) mass is 228 g/mol. The van der Waals surface area contributed by atoms with Gasteiger partial charge in [0, 0.05) is 6.04 Å². The Hall–Kier alpha value is -0.610. The maximum atomic E-state index is 11.6. The first-order chi connectivity index (χ1) is 7.63. The molecule has 0 spiro atoms. The van der Waals surface area contributed by atoms with Crippen LogP contribution in [0.1, 0.15) is 46.0 Å². The van der Waals surface area contributed by atoms with Gasteiger partial charge in [0.1, 0.15) is 0 Å². The van der Waals surface area contributed by atoms with Crippen LogP contribution in [0.4, 0.5) is 0 Å². The third-order valence-electron chi connectivity index (χ3n) is 3.30. The zero-order chi connectivity index (χ0) is 12.0. The van der Waals surface area contributed by atoms with Crippen LogP contribution >= 0.6 is 0 Å². The molecule has 4 nitrogen and oxygen atoms in total. The van der Waals surface area contributed by atoms with E-state index in [0.29, 0.717) is 12.6 Å². The number of aliphatic hydroxyl groups excluding tert-OH is 1. The highest BCUT2D eigenvalue weighted by Gasteiger charge is 2.24. The predicted octanol–water partition coefficient (Wildman–Crippen LogP) is 0.794. The van der Waals surface area contributed by atoms with E-state index < -0.39 is 0 Å². The minimum absolute atomic E-state index is 0.00810. The third-order valence-corrected chi connectivity index (χ3v) is 3.30. The van der Waals surface area contributed by atoms with E-state index in [1.165, 1.54) is 0 Å². The highest BCUT2D eigenvalue weighted by Crippen LogP contribution is 2.18. The van der Waals surface area contributed by atoms with Crippen LogP contribution < -0.4 is 10.6 Å². The van der Waals surface area contributed by atoms with E-state index in [-0.39, 0.29) is 18.1 Å². The Labute approximate surface area is 97.8 Å². The molecule has 0 aromatic carbocycles. The topological polar surface area (TPSA) is 61.4 Å². The van der Waals surface area contributed by atoms with Gasteiger partial charge in [0.25, 0.3) is 0 Å². The van der Waals surface area contributed by atoms with Crippen molar-refractivity contribution in [2.75, 3.05) is 6.54 Å². The molecule has 1 saturated carbocycles. The van der Waals surface area contributed by atoms with Gasteiger partial charge in [-0.2, -0.15) is 0 Å². The summed E-state index contributed by atoms with van der Waals surface area (Å²) in [4.78, 5) is 11.6. The van der Waals surface area contributed by atoms with E-state index >= 15 is 0 Å². The van der Waals surface area contributed by atoms with Crippen LogP contribution in [-0.2, 0) is 4.79 Å². The van der Waals surface area contributed by atoms with Gasteiger partial charge in [0.2, 0.25) is 5.91 Å². The molecule has 1 aliphatic carbocycles. The number of amides is 1. The molecule has 1 fully saturated rings. The lowest BCUT2D eigenvalue weighted by molar-refractivity contribution is -0.122. The molecule has 94 valence electrons.